The lowest BCUT2D eigenvalue weighted by atomic mass is 10.2. The van der Waals surface area contributed by atoms with E-state index in [0.29, 0.717) is 20.5 Å². The van der Waals surface area contributed by atoms with Crippen LogP contribution in [0.3, 0.4) is 0 Å². The predicted molar refractivity (Wildman–Crippen MR) is 119 cm³/mol. The Labute approximate surface area is 180 Å². The van der Waals surface area contributed by atoms with Crippen LogP contribution < -0.4 is 5.56 Å². The number of para-hydroxylation sites is 1. The maximum atomic E-state index is 13.5. The van der Waals surface area contributed by atoms with Crippen molar-refractivity contribution in [1.29, 1.82) is 0 Å². The summed E-state index contributed by atoms with van der Waals surface area (Å²) in [6, 6.07) is 13.4. The summed E-state index contributed by atoms with van der Waals surface area (Å²) in [5.41, 5.74) is 1.81. The molecule has 0 atom stereocenters. The first-order chi connectivity index (χ1) is 14.5. The summed E-state index contributed by atoms with van der Waals surface area (Å²) in [4.78, 5) is 28.9. The fraction of sp³-hybridized carbons (Fsp3) is 0.227. The summed E-state index contributed by atoms with van der Waals surface area (Å²) in [7, 11) is 0. The summed E-state index contributed by atoms with van der Waals surface area (Å²) in [5.74, 6) is -0.410. The molecular weight excluding hydrogens is 421 g/mol. The van der Waals surface area contributed by atoms with Gasteiger partial charge >= 0.3 is 0 Å². The summed E-state index contributed by atoms with van der Waals surface area (Å²) in [6.07, 6.45) is 1.97. The van der Waals surface area contributed by atoms with Crippen LogP contribution in [0, 0.1) is 9.77 Å². The molecule has 0 aliphatic carbocycles. The molecule has 3 heterocycles. The van der Waals surface area contributed by atoms with Crippen molar-refractivity contribution in [3.63, 3.8) is 0 Å². The van der Waals surface area contributed by atoms with Gasteiger partial charge in [0, 0.05) is 13.1 Å². The van der Waals surface area contributed by atoms with Crippen molar-refractivity contribution in [3.05, 3.63) is 68.7 Å². The van der Waals surface area contributed by atoms with Gasteiger partial charge < -0.3 is 4.90 Å². The number of hydrogen-bond donors (Lipinski definition) is 0. The summed E-state index contributed by atoms with van der Waals surface area (Å²) in [5, 5.41) is 0.513. The van der Waals surface area contributed by atoms with E-state index in [2.05, 4.69) is 0 Å². The quantitative estimate of drug-likeness (QED) is 0.443. The Hall–Kier alpha value is -2.84. The number of aromatic nitrogens is 2. The zero-order chi connectivity index (χ0) is 20.8. The highest BCUT2D eigenvalue weighted by Gasteiger charge is 2.23. The van der Waals surface area contributed by atoms with Crippen molar-refractivity contribution >= 4 is 46.0 Å². The predicted octanol–water partition coefficient (Wildman–Crippen LogP) is 4.47. The third-order valence-corrected chi connectivity index (χ3v) is 6.93. The number of fused-ring (bicyclic) bond motifs is 3. The van der Waals surface area contributed by atoms with Gasteiger partial charge in [-0.3, -0.25) is 18.6 Å². The highest BCUT2D eigenvalue weighted by Crippen LogP contribution is 2.33. The van der Waals surface area contributed by atoms with E-state index < -0.39 is 0 Å². The molecule has 1 fully saturated rings. The van der Waals surface area contributed by atoms with E-state index in [-0.39, 0.29) is 23.8 Å². The molecule has 5 rings (SSSR count). The molecule has 1 saturated heterocycles. The van der Waals surface area contributed by atoms with E-state index in [0.717, 1.165) is 36.4 Å². The minimum absolute atomic E-state index is 0.0487. The first-order valence-corrected chi connectivity index (χ1v) is 11.0. The van der Waals surface area contributed by atoms with Crippen LogP contribution in [0.4, 0.5) is 4.39 Å². The van der Waals surface area contributed by atoms with E-state index in [1.165, 1.54) is 28.0 Å². The first kappa shape index (κ1) is 19.1. The molecular formula is C22H18FN3O2S2. The molecule has 0 saturated carbocycles. The van der Waals surface area contributed by atoms with Gasteiger partial charge in [-0.1, -0.05) is 24.3 Å². The maximum absolute atomic E-state index is 13.5. The van der Waals surface area contributed by atoms with Crippen molar-refractivity contribution in [3.8, 4) is 10.4 Å². The van der Waals surface area contributed by atoms with Gasteiger partial charge in [0.25, 0.3) is 5.56 Å². The van der Waals surface area contributed by atoms with Crippen LogP contribution in [0.2, 0.25) is 0 Å². The summed E-state index contributed by atoms with van der Waals surface area (Å²) < 4.78 is 17.4. The number of halogens is 1. The Bertz CT molecular complexity index is 1400. The number of carbonyl (C=O) groups excluding carboxylic acids is 1. The fourth-order valence-corrected chi connectivity index (χ4v) is 5.48. The molecule has 1 amide bonds. The van der Waals surface area contributed by atoms with Gasteiger partial charge in [0.2, 0.25) is 5.91 Å². The van der Waals surface area contributed by atoms with Gasteiger partial charge in [-0.15, -0.1) is 11.3 Å². The molecule has 5 nitrogen and oxygen atoms in total. The smallest absolute Gasteiger partial charge is 0.262 e. The van der Waals surface area contributed by atoms with Crippen LogP contribution in [0.15, 0.2) is 53.3 Å². The van der Waals surface area contributed by atoms with Crippen LogP contribution in [0.1, 0.15) is 12.8 Å². The number of rotatable bonds is 3. The second-order valence-corrected chi connectivity index (χ2v) is 9.00. The van der Waals surface area contributed by atoms with Gasteiger partial charge in [0.1, 0.15) is 18.0 Å². The van der Waals surface area contributed by atoms with Crippen LogP contribution in [-0.4, -0.2) is 32.9 Å². The van der Waals surface area contributed by atoms with Gasteiger partial charge in [0.15, 0.2) is 3.95 Å². The van der Waals surface area contributed by atoms with E-state index >= 15 is 0 Å². The lowest BCUT2D eigenvalue weighted by Crippen LogP contribution is -2.35. The van der Waals surface area contributed by atoms with Gasteiger partial charge in [-0.05, 0) is 54.9 Å². The van der Waals surface area contributed by atoms with Gasteiger partial charge in [-0.2, -0.15) is 0 Å². The standard InChI is InChI=1S/C22H18FN3O2S2/c23-15-9-7-14(8-10-15)19-20-25(13-18(27)24-11-3-4-12-24)21(28)16-5-1-2-6-17(16)26(20)22(29)30-19/h1-2,5-10H,3-4,11-13H2. The van der Waals surface area contributed by atoms with Gasteiger partial charge in [0.05, 0.1) is 15.8 Å². The molecule has 8 heteroatoms. The number of likely N-dealkylation sites (tertiary alicyclic amines) is 1. The molecule has 0 bridgehead atoms. The van der Waals surface area contributed by atoms with Crippen molar-refractivity contribution in [2.45, 2.75) is 19.4 Å². The number of hydrogen-bond acceptors (Lipinski definition) is 4. The zero-order valence-corrected chi connectivity index (χ0v) is 17.6. The van der Waals surface area contributed by atoms with Crippen LogP contribution >= 0.6 is 23.6 Å². The number of nitrogens with zero attached hydrogens (tertiary/aromatic N) is 3. The largest absolute Gasteiger partial charge is 0.341 e. The molecule has 0 spiro atoms. The second-order valence-electron chi connectivity index (χ2n) is 7.36. The van der Waals surface area contributed by atoms with Gasteiger partial charge in [-0.25, -0.2) is 4.39 Å². The summed E-state index contributed by atoms with van der Waals surface area (Å²) >= 11 is 7.00. The Morgan fingerprint density at radius 2 is 1.77 bits per heavy atom. The molecule has 0 radical (unpaired) electrons. The maximum Gasteiger partial charge on any atom is 0.262 e. The minimum Gasteiger partial charge on any atom is -0.341 e. The van der Waals surface area contributed by atoms with E-state index in [9.17, 15) is 14.0 Å². The Balaban J connectivity index is 1.82. The van der Waals surface area contributed by atoms with E-state index in [1.54, 1.807) is 29.2 Å². The molecule has 0 N–H and O–H groups in total. The average Bonchev–Trinajstić information content (AvgIpc) is 3.40. The lowest BCUT2D eigenvalue weighted by Gasteiger charge is -2.18. The van der Waals surface area contributed by atoms with Crippen LogP contribution in [0.25, 0.3) is 27.0 Å². The molecule has 4 aromatic rings. The van der Waals surface area contributed by atoms with Crippen LogP contribution in [0.5, 0.6) is 0 Å². The minimum atomic E-state index is -0.335. The highest BCUT2D eigenvalue weighted by atomic mass is 32.1. The Morgan fingerprint density at radius 3 is 2.50 bits per heavy atom. The van der Waals surface area contributed by atoms with E-state index in [1.807, 2.05) is 16.5 Å². The SMILES string of the molecule is O=C(Cn1c(=O)c2ccccc2n2c(=S)sc(-c3ccc(F)cc3)c12)N1CCCC1. The number of carbonyl (C=O) groups is 1. The highest BCUT2D eigenvalue weighted by molar-refractivity contribution is 7.73. The lowest BCUT2D eigenvalue weighted by molar-refractivity contribution is -0.130. The number of amides is 1. The number of benzene rings is 2. The van der Waals surface area contributed by atoms with Crippen molar-refractivity contribution in [2.75, 3.05) is 13.1 Å². The normalized spacial score (nSPS) is 14.1. The number of thiazole rings is 1. The molecule has 1 aliphatic heterocycles. The molecule has 1 aliphatic rings. The molecule has 2 aromatic carbocycles. The summed E-state index contributed by atoms with van der Waals surface area (Å²) in [6.45, 7) is 1.39. The van der Waals surface area contributed by atoms with Crippen molar-refractivity contribution in [2.24, 2.45) is 0 Å². The van der Waals surface area contributed by atoms with Crippen molar-refractivity contribution in [1.82, 2.24) is 13.9 Å². The topological polar surface area (TPSA) is 46.7 Å². The third kappa shape index (κ3) is 3.07. The monoisotopic (exact) mass is 439 g/mol. The fourth-order valence-electron chi connectivity index (χ4n) is 4.05. The molecule has 30 heavy (non-hydrogen) atoms. The molecule has 0 unspecified atom stereocenters. The third-order valence-electron chi connectivity index (χ3n) is 5.52. The Morgan fingerprint density at radius 1 is 1.07 bits per heavy atom. The zero-order valence-electron chi connectivity index (χ0n) is 16.0. The first-order valence-electron chi connectivity index (χ1n) is 9.75. The molecule has 152 valence electrons. The van der Waals surface area contributed by atoms with Crippen LogP contribution in [-0.2, 0) is 11.3 Å². The average molecular weight is 440 g/mol. The molecule has 2 aromatic heterocycles. The van der Waals surface area contributed by atoms with Crippen molar-refractivity contribution < 1.29 is 9.18 Å². The Kier molecular flexibility index (Phi) is 4.75. The van der Waals surface area contributed by atoms with E-state index in [4.69, 9.17) is 12.2 Å². The second kappa shape index (κ2) is 7.45.